The van der Waals surface area contributed by atoms with Crippen molar-refractivity contribution in [3.05, 3.63) is 40.1 Å². The Kier molecular flexibility index (Phi) is 3.61. The van der Waals surface area contributed by atoms with E-state index in [0.717, 1.165) is 31.6 Å². The predicted molar refractivity (Wildman–Crippen MR) is 84.8 cm³/mol. The van der Waals surface area contributed by atoms with E-state index in [-0.39, 0.29) is 11.3 Å². The summed E-state index contributed by atoms with van der Waals surface area (Å²) >= 11 is 1.78. The van der Waals surface area contributed by atoms with E-state index in [0.29, 0.717) is 0 Å². The van der Waals surface area contributed by atoms with Crippen molar-refractivity contribution < 1.29 is 4.79 Å². The van der Waals surface area contributed by atoms with Gasteiger partial charge in [-0.25, -0.2) is 4.98 Å². The molecule has 0 radical (unpaired) electrons. The fraction of sp³-hybridized carbons (Fsp3) is 0.500. The molecule has 0 aromatic carbocycles. The molecule has 5 heteroatoms. The Bertz CT molecular complexity index is 650. The molecular weight excluding hydrogens is 282 g/mol. The highest BCUT2D eigenvalue weighted by Gasteiger charge is 2.36. The first kappa shape index (κ1) is 14.3. The molecule has 1 aliphatic heterocycles. The third-order valence-electron chi connectivity index (χ3n) is 4.45. The zero-order valence-electron chi connectivity index (χ0n) is 12.8. The highest BCUT2D eigenvalue weighted by atomic mass is 32.1. The van der Waals surface area contributed by atoms with E-state index in [1.165, 1.54) is 9.88 Å². The number of thiazole rings is 1. The largest absolute Gasteiger partial charge is 0.347 e. The molecule has 0 atom stereocenters. The van der Waals surface area contributed by atoms with Gasteiger partial charge in [0.2, 0.25) is 0 Å². The Morgan fingerprint density at radius 3 is 2.62 bits per heavy atom. The molecule has 3 rings (SSSR count). The first-order chi connectivity index (χ1) is 9.99. The number of rotatable bonds is 2. The minimum atomic E-state index is 0.115. The summed E-state index contributed by atoms with van der Waals surface area (Å²) in [6.07, 6.45) is 5.83. The molecule has 1 saturated heterocycles. The van der Waals surface area contributed by atoms with Gasteiger partial charge in [-0.2, -0.15) is 0 Å². The number of aromatic nitrogens is 2. The molecule has 1 amide bonds. The van der Waals surface area contributed by atoms with E-state index in [1.807, 2.05) is 41.0 Å². The van der Waals surface area contributed by atoms with Gasteiger partial charge in [0.1, 0.15) is 5.69 Å². The average molecular weight is 303 g/mol. The molecule has 4 nitrogen and oxygen atoms in total. The van der Waals surface area contributed by atoms with Crippen LogP contribution in [0.3, 0.4) is 0 Å². The highest BCUT2D eigenvalue weighted by molar-refractivity contribution is 7.11. The summed E-state index contributed by atoms with van der Waals surface area (Å²) in [7, 11) is 1.92. The third kappa shape index (κ3) is 2.62. The number of aryl methyl sites for hydroxylation is 2. The lowest BCUT2D eigenvalue weighted by atomic mass is 9.81. The normalized spacial score (nSPS) is 18.0. The van der Waals surface area contributed by atoms with Crippen LogP contribution in [0, 0.1) is 6.92 Å². The van der Waals surface area contributed by atoms with Gasteiger partial charge in [-0.05, 0) is 31.9 Å². The van der Waals surface area contributed by atoms with Crippen molar-refractivity contribution in [1.29, 1.82) is 0 Å². The minimum Gasteiger partial charge on any atom is -0.347 e. The Morgan fingerprint density at radius 2 is 2.10 bits per heavy atom. The Labute approximate surface area is 129 Å². The molecule has 112 valence electrons. The first-order valence-electron chi connectivity index (χ1n) is 7.33. The van der Waals surface area contributed by atoms with Crippen molar-refractivity contribution >= 4 is 17.2 Å². The lowest BCUT2D eigenvalue weighted by Gasteiger charge is -2.38. The summed E-state index contributed by atoms with van der Waals surface area (Å²) in [4.78, 5) is 20.3. The van der Waals surface area contributed by atoms with Gasteiger partial charge in [-0.1, -0.05) is 6.92 Å². The van der Waals surface area contributed by atoms with Gasteiger partial charge in [0.25, 0.3) is 5.91 Å². The summed E-state index contributed by atoms with van der Waals surface area (Å²) < 4.78 is 1.89. The molecule has 21 heavy (non-hydrogen) atoms. The summed E-state index contributed by atoms with van der Waals surface area (Å²) in [5.74, 6) is 0.139. The predicted octanol–water partition coefficient (Wildman–Crippen LogP) is 2.98. The maximum absolute atomic E-state index is 12.5. The van der Waals surface area contributed by atoms with E-state index in [4.69, 9.17) is 0 Å². The van der Waals surface area contributed by atoms with Gasteiger partial charge < -0.3 is 9.47 Å². The average Bonchev–Trinajstić information content (AvgIpc) is 3.08. The lowest BCUT2D eigenvalue weighted by molar-refractivity contribution is 0.0666. The lowest BCUT2D eigenvalue weighted by Crippen LogP contribution is -2.44. The fourth-order valence-electron chi connectivity index (χ4n) is 2.90. The van der Waals surface area contributed by atoms with E-state index >= 15 is 0 Å². The molecule has 0 spiro atoms. The van der Waals surface area contributed by atoms with Crippen LogP contribution in [-0.2, 0) is 12.5 Å². The molecule has 3 heterocycles. The van der Waals surface area contributed by atoms with Crippen LogP contribution in [0.2, 0.25) is 0 Å². The van der Waals surface area contributed by atoms with Gasteiger partial charge in [0, 0.05) is 42.8 Å². The van der Waals surface area contributed by atoms with Crippen molar-refractivity contribution in [2.24, 2.45) is 7.05 Å². The SMILES string of the molecule is Cc1cnc(C2(C)CCN(C(=O)c3cccn3C)CC2)s1. The molecular formula is C16H21N3OS. The zero-order valence-corrected chi connectivity index (χ0v) is 13.6. The Balaban J connectivity index is 1.70. The highest BCUT2D eigenvalue weighted by Crippen LogP contribution is 2.37. The number of hydrogen-bond donors (Lipinski definition) is 0. The molecule has 2 aromatic rings. The summed E-state index contributed by atoms with van der Waals surface area (Å²) in [6, 6.07) is 3.81. The summed E-state index contributed by atoms with van der Waals surface area (Å²) in [5, 5.41) is 1.21. The van der Waals surface area contributed by atoms with Crippen LogP contribution in [0.15, 0.2) is 24.5 Å². The van der Waals surface area contributed by atoms with Crippen LogP contribution in [0.4, 0.5) is 0 Å². The second-order valence-electron chi connectivity index (χ2n) is 6.13. The van der Waals surface area contributed by atoms with Crippen LogP contribution in [0.5, 0.6) is 0 Å². The molecule has 1 fully saturated rings. The third-order valence-corrected chi connectivity index (χ3v) is 5.67. The van der Waals surface area contributed by atoms with Crippen molar-refractivity contribution in [2.45, 2.75) is 32.1 Å². The zero-order chi connectivity index (χ0) is 15.0. The van der Waals surface area contributed by atoms with E-state index in [9.17, 15) is 4.79 Å². The Morgan fingerprint density at radius 1 is 1.38 bits per heavy atom. The van der Waals surface area contributed by atoms with E-state index in [1.54, 1.807) is 11.3 Å². The van der Waals surface area contributed by atoms with Crippen LogP contribution in [0.1, 0.15) is 40.1 Å². The summed E-state index contributed by atoms with van der Waals surface area (Å²) in [5.41, 5.74) is 0.882. The van der Waals surface area contributed by atoms with Gasteiger partial charge in [-0.15, -0.1) is 11.3 Å². The number of likely N-dealkylation sites (tertiary alicyclic amines) is 1. The van der Waals surface area contributed by atoms with E-state index < -0.39 is 0 Å². The topological polar surface area (TPSA) is 38.1 Å². The molecule has 1 aliphatic rings. The van der Waals surface area contributed by atoms with Crippen molar-refractivity contribution in [3.8, 4) is 0 Å². The second kappa shape index (κ2) is 5.30. The number of carbonyl (C=O) groups is 1. The minimum absolute atomic E-state index is 0.115. The van der Waals surface area contributed by atoms with Gasteiger partial charge in [-0.3, -0.25) is 4.79 Å². The van der Waals surface area contributed by atoms with Gasteiger partial charge >= 0.3 is 0 Å². The molecule has 0 unspecified atom stereocenters. The fourth-order valence-corrected chi connectivity index (χ4v) is 3.86. The molecule has 0 aliphatic carbocycles. The number of hydrogen-bond acceptors (Lipinski definition) is 3. The van der Waals surface area contributed by atoms with Crippen LogP contribution < -0.4 is 0 Å². The number of piperidine rings is 1. The summed E-state index contributed by atoms with van der Waals surface area (Å²) in [6.45, 7) is 5.98. The van der Waals surface area contributed by atoms with Crippen LogP contribution in [-0.4, -0.2) is 33.4 Å². The molecule has 2 aromatic heterocycles. The Hall–Kier alpha value is -1.62. The smallest absolute Gasteiger partial charge is 0.270 e. The maximum atomic E-state index is 12.5. The number of carbonyl (C=O) groups excluding carboxylic acids is 1. The monoisotopic (exact) mass is 303 g/mol. The quantitative estimate of drug-likeness (QED) is 0.855. The van der Waals surface area contributed by atoms with E-state index in [2.05, 4.69) is 18.8 Å². The van der Waals surface area contributed by atoms with Crippen molar-refractivity contribution in [3.63, 3.8) is 0 Å². The first-order valence-corrected chi connectivity index (χ1v) is 8.15. The van der Waals surface area contributed by atoms with Gasteiger partial charge in [0.05, 0.1) is 5.01 Å². The number of nitrogens with zero attached hydrogens (tertiary/aromatic N) is 3. The second-order valence-corrected chi connectivity index (χ2v) is 7.37. The van der Waals surface area contributed by atoms with Crippen molar-refractivity contribution in [1.82, 2.24) is 14.5 Å². The number of amides is 1. The van der Waals surface area contributed by atoms with Crippen LogP contribution in [0.25, 0.3) is 0 Å². The maximum Gasteiger partial charge on any atom is 0.270 e. The molecule has 0 saturated carbocycles. The molecule has 0 N–H and O–H groups in total. The van der Waals surface area contributed by atoms with Crippen LogP contribution >= 0.6 is 11.3 Å². The molecule has 0 bridgehead atoms. The standard InChI is InChI=1S/C16H21N3OS/c1-12-11-17-15(21-12)16(2)6-9-19(10-7-16)14(20)13-5-4-8-18(13)3/h4-5,8,11H,6-7,9-10H2,1-3H3. The van der Waals surface area contributed by atoms with Crippen molar-refractivity contribution in [2.75, 3.05) is 13.1 Å². The van der Waals surface area contributed by atoms with Gasteiger partial charge in [0.15, 0.2) is 0 Å².